The molecule has 0 radical (unpaired) electrons. The quantitative estimate of drug-likeness (QED) is 0.326. The van der Waals surface area contributed by atoms with E-state index in [0.29, 0.717) is 6.54 Å². The van der Waals surface area contributed by atoms with Crippen LogP contribution >= 0.6 is 51.2 Å². The number of guanidine groups is 1. The summed E-state index contributed by atoms with van der Waals surface area (Å²) >= 11 is 5.14. The van der Waals surface area contributed by atoms with E-state index in [9.17, 15) is 0 Å². The molecule has 6 heteroatoms. The van der Waals surface area contributed by atoms with E-state index < -0.39 is 0 Å². The van der Waals surface area contributed by atoms with Crippen molar-refractivity contribution in [3.8, 4) is 0 Å². The average Bonchev–Trinajstić information content (AvgIpc) is 2.68. The molecule has 0 aliphatic rings. The van der Waals surface area contributed by atoms with E-state index in [1.807, 2.05) is 19.1 Å². The highest BCUT2D eigenvalue weighted by molar-refractivity contribution is 14.0. The summed E-state index contributed by atoms with van der Waals surface area (Å²) in [6.45, 7) is 7.99. The molecule has 0 aromatic carbocycles. The molecular weight excluding hydrogens is 413 g/mol. The van der Waals surface area contributed by atoms with Crippen molar-refractivity contribution in [2.24, 2.45) is 4.99 Å². The molecule has 0 aliphatic carbocycles. The fourth-order valence-electron chi connectivity index (χ4n) is 1.10. The van der Waals surface area contributed by atoms with Crippen LogP contribution in [0.15, 0.2) is 33.6 Å². The van der Waals surface area contributed by atoms with Gasteiger partial charge in [-0.15, -0.1) is 41.9 Å². The third kappa shape index (κ3) is 7.05. The molecule has 1 heterocycles. The molecule has 1 aromatic rings. The van der Waals surface area contributed by atoms with Crippen LogP contribution < -0.4 is 10.6 Å². The van der Waals surface area contributed by atoms with Gasteiger partial charge in [0.15, 0.2) is 5.96 Å². The minimum Gasteiger partial charge on any atom is -0.357 e. The smallest absolute Gasteiger partial charge is 0.191 e. The number of rotatable bonds is 5. The summed E-state index contributed by atoms with van der Waals surface area (Å²) in [5, 5.41) is 6.34. The highest BCUT2D eigenvalue weighted by Gasteiger charge is 1.98. The first kappa shape index (κ1) is 16.9. The molecule has 0 aliphatic heterocycles. The van der Waals surface area contributed by atoms with E-state index in [0.717, 1.165) is 22.8 Å². The lowest BCUT2D eigenvalue weighted by atomic mass is 10.5. The molecule has 2 N–H and O–H groups in total. The van der Waals surface area contributed by atoms with Gasteiger partial charge in [0.1, 0.15) is 0 Å². The lowest BCUT2D eigenvalue weighted by Gasteiger charge is -2.08. The van der Waals surface area contributed by atoms with Gasteiger partial charge in [-0.25, -0.2) is 4.99 Å². The molecule has 0 saturated carbocycles. The zero-order chi connectivity index (χ0) is 11.8. The fourth-order valence-corrected chi connectivity index (χ4v) is 2.51. The normalized spacial score (nSPS) is 10.6. The van der Waals surface area contributed by atoms with Gasteiger partial charge in [0.25, 0.3) is 0 Å². The van der Waals surface area contributed by atoms with Crippen molar-refractivity contribution in [3.63, 3.8) is 0 Å². The lowest BCUT2D eigenvalue weighted by molar-refractivity contribution is 0.863. The van der Waals surface area contributed by atoms with E-state index in [2.05, 4.69) is 44.2 Å². The second-order valence-corrected chi connectivity index (χ2v) is 5.62. The molecule has 0 unspecified atom stereocenters. The standard InChI is InChI=1S/C11H16BrN3S.HI/c1-3-7-14-11(13-4-2)15-8-9-5-6-10(12)16-9;/h3,5-6H,1,4,7-8H2,2H3,(H2,13,14,15);1H. The van der Waals surface area contributed by atoms with Crippen molar-refractivity contribution in [3.05, 3.63) is 33.5 Å². The minimum atomic E-state index is 0. The maximum atomic E-state index is 4.47. The van der Waals surface area contributed by atoms with Crippen molar-refractivity contribution in [2.45, 2.75) is 13.5 Å². The zero-order valence-corrected chi connectivity index (χ0v) is 14.4. The van der Waals surface area contributed by atoms with Crippen molar-refractivity contribution >= 4 is 57.2 Å². The van der Waals surface area contributed by atoms with Gasteiger partial charge in [0.2, 0.25) is 0 Å². The van der Waals surface area contributed by atoms with Gasteiger partial charge in [-0.1, -0.05) is 6.08 Å². The van der Waals surface area contributed by atoms with Crippen molar-refractivity contribution in [1.29, 1.82) is 0 Å². The number of nitrogens with one attached hydrogen (secondary N) is 2. The van der Waals surface area contributed by atoms with Crippen LogP contribution in [0.3, 0.4) is 0 Å². The molecule has 1 aromatic heterocycles. The Morgan fingerprint density at radius 2 is 2.29 bits per heavy atom. The van der Waals surface area contributed by atoms with Gasteiger partial charge in [-0.05, 0) is 35.0 Å². The van der Waals surface area contributed by atoms with Gasteiger partial charge >= 0.3 is 0 Å². The number of aliphatic imine (C=N–C) groups is 1. The zero-order valence-electron chi connectivity index (χ0n) is 9.70. The first-order chi connectivity index (χ1) is 7.76. The van der Waals surface area contributed by atoms with Crippen LogP contribution in [0, 0.1) is 0 Å². The summed E-state index contributed by atoms with van der Waals surface area (Å²) in [4.78, 5) is 5.71. The third-order valence-corrected chi connectivity index (χ3v) is 3.39. The predicted octanol–water partition coefficient (Wildman–Crippen LogP) is 3.37. The Morgan fingerprint density at radius 1 is 1.53 bits per heavy atom. The second kappa shape index (κ2) is 9.90. The summed E-state index contributed by atoms with van der Waals surface area (Å²) in [5.74, 6) is 0.826. The monoisotopic (exact) mass is 429 g/mol. The number of thiophene rings is 1. The van der Waals surface area contributed by atoms with Crippen LogP contribution in [0.5, 0.6) is 0 Å². The first-order valence-electron chi connectivity index (χ1n) is 5.13. The highest BCUT2D eigenvalue weighted by Crippen LogP contribution is 2.22. The molecule has 3 nitrogen and oxygen atoms in total. The summed E-state index contributed by atoms with van der Waals surface area (Å²) in [6.07, 6.45) is 1.81. The Balaban J connectivity index is 0.00000256. The summed E-state index contributed by atoms with van der Waals surface area (Å²) < 4.78 is 1.14. The third-order valence-electron chi connectivity index (χ3n) is 1.78. The Morgan fingerprint density at radius 3 is 2.82 bits per heavy atom. The van der Waals surface area contributed by atoms with Gasteiger partial charge < -0.3 is 10.6 Å². The number of hydrogen-bond acceptors (Lipinski definition) is 2. The SMILES string of the molecule is C=CCNC(=NCc1ccc(Br)s1)NCC.I. The number of halogens is 2. The van der Waals surface area contributed by atoms with Gasteiger partial charge in [-0.3, -0.25) is 0 Å². The molecular formula is C11H17BrIN3S. The maximum Gasteiger partial charge on any atom is 0.191 e. The van der Waals surface area contributed by atoms with Crippen molar-refractivity contribution in [2.75, 3.05) is 13.1 Å². The van der Waals surface area contributed by atoms with Crippen LogP contribution in [0.1, 0.15) is 11.8 Å². The van der Waals surface area contributed by atoms with Gasteiger partial charge in [0, 0.05) is 18.0 Å². The lowest BCUT2D eigenvalue weighted by Crippen LogP contribution is -2.37. The molecule has 17 heavy (non-hydrogen) atoms. The van der Waals surface area contributed by atoms with Crippen LogP contribution in [0.4, 0.5) is 0 Å². The molecule has 1 rings (SSSR count). The van der Waals surface area contributed by atoms with Crippen LogP contribution in [0.25, 0.3) is 0 Å². The Bertz CT molecular complexity index is 365. The number of hydrogen-bond donors (Lipinski definition) is 2. The molecule has 0 saturated heterocycles. The van der Waals surface area contributed by atoms with E-state index in [4.69, 9.17) is 0 Å². The molecule has 0 atom stereocenters. The molecule has 0 bridgehead atoms. The van der Waals surface area contributed by atoms with Crippen LogP contribution in [0.2, 0.25) is 0 Å². The Labute approximate surface area is 132 Å². The summed E-state index contributed by atoms with van der Waals surface area (Å²) in [7, 11) is 0. The molecule has 0 amide bonds. The fraction of sp³-hybridized carbons (Fsp3) is 0.364. The topological polar surface area (TPSA) is 36.4 Å². The highest BCUT2D eigenvalue weighted by atomic mass is 127. The second-order valence-electron chi connectivity index (χ2n) is 3.07. The predicted molar refractivity (Wildman–Crippen MR) is 90.4 cm³/mol. The van der Waals surface area contributed by atoms with E-state index in [-0.39, 0.29) is 24.0 Å². The van der Waals surface area contributed by atoms with E-state index >= 15 is 0 Å². The van der Waals surface area contributed by atoms with Crippen molar-refractivity contribution in [1.82, 2.24) is 10.6 Å². The minimum absolute atomic E-state index is 0. The summed E-state index contributed by atoms with van der Waals surface area (Å²) in [6, 6.07) is 4.12. The molecule has 0 spiro atoms. The average molecular weight is 430 g/mol. The largest absolute Gasteiger partial charge is 0.357 e. The summed E-state index contributed by atoms with van der Waals surface area (Å²) in [5.41, 5.74) is 0. The Kier molecular flexibility index (Phi) is 9.85. The molecule has 0 fully saturated rings. The maximum absolute atomic E-state index is 4.47. The van der Waals surface area contributed by atoms with E-state index in [1.54, 1.807) is 11.3 Å². The van der Waals surface area contributed by atoms with Crippen LogP contribution in [-0.2, 0) is 6.54 Å². The van der Waals surface area contributed by atoms with Gasteiger partial charge in [-0.2, -0.15) is 0 Å². The van der Waals surface area contributed by atoms with Crippen LogP contribution in [-0.4, -0.2) is 19.0 Å². The number of nitrogens with zero attached hydrogens (tertiary/aromatic N) is 1. The van der Waals surface area contributed by atoms with Crippen molar-refractivity contribution < 1.29 is 0 Å². The van der Waals surface area contributed by atoms with Gasteiger partial charge in [0.05, 0.1) is 10.3 Å². The first-order valence-corrected chi connectivity index (χ1v) is 6.74. The molecule has 96 valence electrons. The van der Waals surface area contributed by atoms with E-state index in [1.165, 1.54) is 4.88 Å². The Hall–Kier alpha value is -0.0800.